The highest BCUT2D eigenvalue weighted by Gasteiger charge is 2.22. The highest BCUT2D eigenvalue weighted by atomic mass is 16.5. The number of amides is 3. The first-order valence-electron chi connectivity index (χ1n) is 12.0. The van der Waals surface area contributed by atoms with Crippen LogP contribution >= 0.6 is 0 Å². The van der Waals surface area contributed by atoms with E-state index in [9.17, 15) is 19.2 Å². The second-order valence-corrected chi connectivity index (χ2v) is 8.67. The number of anilines is 1. The lowest BCUT2D eigenvalue weighted by Gasteiger charge is -2.18. The summed E-state index contributed by atoms with van der Waals surface area (Å²) in [6.07, 6.45) is -0.542. The molecule has 0 radical (unpaired) electrons. The Hall–Kier alpha value is -4.92. The van der Waals surface area contributed by atoms with E-state index in [0.29, 0.717) is 11.3 Å². The van der Waals surface area contributed by atoms with Crippen LogP contribution in [0.4, 0.5) is 10.5 Å². The van der Waals surface area contributed by atoms with Crippen LogP contribution in [0, 0.1) is 6.92 Å². The van der Waals surface area contributed by atoms with Gasteiger partial charge in [-0.1, -0.05) is 60.7 Å². The Balaban J connectivity index is 1.36. The van der Waals surface area contributed by atoms with Crippen molar-refractivity contribution < 1.29 is 23.5 Å². The molecule has 0 aliphatic carbocycles. The van der Waals surface area contributed by atoms with E-state index in [-0.39, 0.29) is 19.6 Å². The lowest BCUT2D eigenvalue weighted by molar-refractivity contribution is -0.125. The molecule has 0 aliphatic heterocycles. The highest BCUT2D eigenvalue weighted by Crippen LogP contribution is 2.20. The SMILES string of the molecule is Cc1cc(=O)oc2cc(NC(=O)CNC(=O)[C@H](Cc3ccccc3)NC(=O)OCc3ccccc3)ccc12. The van der Waals surface area contributed by atoms with Gasteiger partial charge >= 0.3 is 11.7 Å². The summed E-state index contributed by atoms with van der Waals surface area (Å²) in [5.41, 5.74) is 2.68. The summed E-state index contributed by atoms with van der Waals surface area (Å²) in [6.45, 7) is 1.52. The average Bonchev–Trinajstić information content (AvgIpc) is 2.91. The molecule has 0 fully saturated rings. The van der Waals surface area contributed by atoms with E-state index < -0.39 is 29.6 Å². The number of aryl methyl sites for hydroxylation is 1. The summed E-state index contributed by atoms with van der Waals surface area (Å²) in [4.78, 5) is 49.6. The Morgan fingerprint density at radius 1 is 0.895 bits per heavy atom. The van der Waals surface area contributed by atoms with Crippen molar-refractivity contribution in [3.05, 3.63) is 112 Å². The minimum absolute atomic E-state index is 0.0557. The molecule has 1 aromatic heterocycles. The fraction of sp³-hybridized carbons (Fsp3) is 0.172. The fourth-order valence-corrected chi connectivity index (χ4v) is 3.86. The number of hydrogen-bond donors (Lipinski definition) is 3. The predicted octanol–water partition coefficient (Wildman–Crippen LogP) is 3.69. The largest absolute Gasteiger partial charge is 0.445 e. The standard InChI is InChI=1S/C29H27N3O6/c1-19-14-27(34)38-25-16-22(12-13-23(19)25)31-26(33)17-30-28(35)24(15-20-8-4-2-5-9-20)32-29(36)37-18-21-10-6-3-7-11-21/h2-14,16,24H,15,17-18H2,1H3,(H,30,35)(H,31,33)(H,32,36)/t24-/m0/s1. The van der Waals surface area contributed by atoms with Crippen LogP contribution < -0.4 is 21.6 Å². The molecule has 0 saturated heterocycles. The van der Waals surface area contributed by atoms with Gasteiger partial charge in [0.15, 0.2) is 0 Å². The second kappa shape index (κ2) is 12.4. The Bertz CT molecular complexity index is 1480. The number of hydrogen-bond acceptors (Lipinski definition) is 6. The maximum atomic E-state index is 13.0. The molecule has 9 nitrogen and oxygen atoms in total. The van der Waals surface area contributed by atoms with Gasteiger partial charge in [0.2, 0.25) is 11.8 Å². The predicted molar refractivity (Wildman–Crippen MR) is 143 cm³/mol. The van der Waals surface area contributed by atoms with Gasteiger partial charge in [-0.05, 0) is 35.7 Å². The quantitative estimate of drug-likeness (QED) is 0.293. The molecule has 0 unspecified atom stereocenters. The number of carbonyl (C=O) groups is 3. The van der Waals surface area contributed by atoms with Crippen molar-refractivity contribution in [3.8, 4) is 0 Å². The third kappa shape index (κ3) is 7.30. The topological polar surface area (TPSA) is 127 Å². The molecule has 0 spiro atoms. The van der Waals surface area contributed by atoms with Crippen LogP contribution in [0.2, 0.25) is 0 Å². The molecule has 3 aromatic carbocycles. The summed E-state index contributed by atoms with van der Waals surface area (Å²) < 4.78 is 10.5. The molecule has 4 aromatic rings. The summed E-state index contributed by atoms with van der Waals surface area (Å²) in [7, 11) is 0. The molecular weight excluding hydrogens is 486 g/mol. The number of carbonyl (C=O) groups excluding carboxylic acids is 3. The van der Waals surface area contributed by atoms with Crippen LogP contribution in [0.1, 0.15) is 16.7 Å². The van der Waals surface area contributed by atoms with E-state index >= 15 is 0 Å². The smallest absolute Gasteiger partial charge is 0.408 e. The van der Waals surface area contributed by atoms with Crippen molar-refractivity contribution in [2.45, 2.75) is 26.0 Å². The minimum atomic E-state index is -0.966. The van der Waals surface area contributed by atoms with Crippen LogP contribution in [-0.2, 0) is 27.4 Å². The summed E-state index contributed by atoms with van der Waals surface area (Å²) in [5, 5.41) is 8.58. The zero-order valence-electron chi connectivity index (χ0n) is 20.7. The summed E-state index contributed by atoms with van der Waals surface area (Å²) >= 11 is 0. The first kappa shape index (κ1) is 26.2. The van der Waals surface area contributed by atoms with Gasteiger partial charge < -0.3 is 25.1 Å². The van der Waals surface area contributed by atoms with Crippen LogP contribution in [0.15, 0.2) is 94.1 Å². The van der Waals surface area contributed by atoms with E-state index in [0.717, 1.165) is 22.1 Å². The van der Waals surface area contributed by atoms with Gasteiger partial charge in [-0.25, -0.2) is 9.59 Å². The number of fused-ring (bicyclic) bond motifs is 1. The van der Waals surface area contributed by atoms with Gasteiger partial charge in [0, 0.05) is 29.6 Å². The van der Waals surface area contributed by atoms with Crippen LogP contribution in [0.5, 0.6) is 0 Å². The normalized spacial score (nSPS) is 11.4. The van der Waals surface area contributed by atoms with Crippen molar-refractivity contribution in [3.63, 3.8) is 0 Å². The lowest BCUT2D eigenvalue weighted by atomic mass is 10.1. The first-order chi connectivity index (χ1) is 18.4. The third-order valence-corrected chi connectivity index (χ3v) is 5.76. The monoisotopic (exact) mass is 513 g/mol. The van der Waals surface area contributed by atoms with E-state index in [1.54, 1.807) is 25.1 Å². The van der Waals surface area contributed by atoms with Crippen molar-refractivity contribution in [2.75, 3.05) is 11.9 Å². The molecule has 0 aliphatic rings. The van der Waals surface area contributed by atoms with Crippen LogP contribution in [0.25, 0.3) is 11.0 Å². The van der Waals surface area contributed by atoms with Gasteiger partial charge in [-0.2, -0.15) is 0 Å². The lowest BCUT2D eigenvalue weighted by Crippen LogP contribution is -2.49. The van der Waals surface area contributed by atoms with E-state index in [1.807, 2.05) is 60.7 Å². The molecule has 4 rings (SSSR count). The fourth-order valence-electron chi connectivity index (χ4n) is 3.86. The van der Waals surface area contributed by atoms with Gasteiger partial charge in [0.25, 0.3) is 0 Å². The van der Waals surface area contributed by atoms with Gasteiger partial charge in [-0.3, -0.25) is 9.59 Å². The molecule has 1 heterocycles. The zero-order valence-corrected chi connectivity index (χ0v) is 20.7. The Labute approximate surface area is 218 Å². The Kier molecular flexibility index (Phi) is 8.50. The van der Waals surface area contributed by atoms with Crippen molar-refractivity contribution >= 4 is 34.6 Å². The molecule has 194 valence electrons. The van der Waals surface area contributed by atoms with Crippen LogP contribution in [-0.4, -0.2) is 30.5 Å². The molecule has 0 bridgehead atoms. The average molecular weight is 514 g/mol. The van der Waals surface area contributed by atoms with Crippen molar-refractivity contribution in [2.24, 2.45) is 0 Å². The molecule has 3 amide bonds. The van der Waals surface area contributed by atoms with E-state index in [2.05, 4.69) is 16.0 Å². The molecule has 9 heteroatoms. The van der Waals surface area contributed by atoms with Crippen molar-refractivity contribution in [1.82, 2.24) is 10.6 Å². The summed E-state index contributed by atoms with van der Waals surface area (Å²) in [6, 6.07) is 23.8. The van der Waals surface area contributed by atoms with E-state index in [4.69, 9.17) is 9.15 Å². The first-order valence-corrected chi connectivity index (χ1v) is 12.0. The number of benzene rings is 3. The molecule has 3 N–H and O–H groups in total. The summed E-state index contributed by atoms with van der Waals surface area (Å²) in [5.74, 6) is -1.03. The Morgan fingerprint density at radius 3 is 2.29 bits per heavy atom. The van der Waals surface area contributed by atoms with Crippen LogP contribution in [0.3, 0.4) is 0 Å². The Morgan fingerprint density at radius 2 is 1.58 bits per heavy atom. The number of rotatable bonds is 9. The number of alkyl carbamates (subject to hydrolysis) is 1. The van der Waals surface area contributed by atoms with Gasteiger partial charge in [0.05, 0.1) is 6.54 Å². The zero-order chi connectivity index (χ0) is 26.9. The number of ether oxygens (including phenoxy) is 1. The molecular formula is C29H27N3O6. The molecule has 38 heavy (non-hydrogen) atoms. The van der Waals surface area contributed by atoms with Crippen molar-refractivity contribution in [1.29, 1.82) is 0 Å². The van der Waals surface area contributed by atoms with Gasteiger partial charge in [0.1, 0.15) is 18.2 Å². The minimum Gasteiger partial charge on any atom is -0.445 e. The molecule has 0 saturated carbocycles. The number of nitrogens with one attached hydrogen (secondary N) is 3. The maximum Gasteiger partial charge on any atom is 0.408 e. The second-order valence-electron chi connectivity index (χ2n) is 8.67. The highest BCUT2D eigenvalue weighted by molar-refractivity contribution is 5.97. The van der Waals surface area contributed by atoms with E-state index in [1.165, 1.54) is 6.07 Å². The third-order valence-electron chi connectivity index (χ3n) is 5.76. The molecule has 1 atom stereocenters. The maximum absolute atomic E-state index is 13.0. The van der Waals surface area contributed by atoms with Gasteiger partial charge in [-0.15, -0.1) is 0 Å².